The van der Waals surface area contributed by atoms with Gasteiger partial charge in [-0.05, 0) is 36.4 Å². The van der Waals surface area contributed by atoms with Crippen LogP contribution in [0.1, 0.15) is 15.9 Å². The molecule has 0 unspecified atom stereocenters. The predicted octanol–water partition coefficient (Wildman–Crippen LogP) is 2.52. The molecule has 0 radical (unpaired) electrons. The van der Waals surface area contributed by atoms with Crippen LogP contribution in [0.25, 0.3) is 0 Å². The van der Waals surface area contributed by atoms with Gasteiger partial charge in [0.25, 0.3) is 5.91 Å². The molecule has 0 saturated carbocycles. The second-order valence-corrected chi connectivity index (χ2v) is 5.67. The minimum absolute atomic E-state index is 0.0144. The van der Waals surface area contributed by atoms with Crippen LogP contribution in [0.4, 0.5) is 14.6 Å². The summed E-state index contributed by atoms with van der Waals surface area (Å²) >= 11 is 0. The van der Waals surface area contributed by atoms with Gasteiger partial charge in [0.05, 0.1) is 5.56 Å². The number of carbonyl (C=O) groups excluding carboxylic acids is 1. The van der Waals surface area contributed by atoms with Crippen molar-refractivity contribution in [3.05, 3.63) is 53.7 Å². The summed E-state index contributed by atoms with van der Waals surface area (Å²) in [5.74, 6) is 0.464. The number of anilines is 1. The molecule has 6 nitrogen and oxygen atoms in total. The van der Waals surface area contributed by atoms with Gasteiger partial charge in [-0.15, -0.1) is 0 Å². The van der Waals surface area contributed by atoms with Crippen molar-refractivity contribution in [2.45, 2.75) is 6.61 Å². The molecule has 1 aromatic heterocycles. The van der Waals surface area contributed by atoms with Gasteiger partial charge in [-0.1, -0.05) is 0 Å². The first-order valence-corrected chi connectivity index (χ1v) is 8.02. The first kappa shape index (κ1) is 17.6. The Kier molecular flexibility index (Phi) is 5.27. The highest BCUT2D eigenvalue weighted by atomic mass is 19.3. The molecule has 2 heterocycles. The highest BCUT2D eigenvalue weighted by molar-refractivity contribution is 5.94. The standard InChI is InChI=1S/C18H16F2N4O2/c19-18(20)26-15-5-3-13(4-6-15)17(25)24-10-8-23(9-11-24)16-14(12-21)2-1-7-22-16/h1-7,18H,8-11H2. The fourth-order valence-corrected chi connectivity index (χ4v) is 2.82. The summed E-state index contributed by atoms with van der Waals surface area (Å²) in [6.07, 6.45) is 1.64. The van der Waals surface area contributed by atoms with Gasteiger partial charge in [0.2, 0.25) is 0 Å². The molecular formula is C18H16F2N4O2. The fraction of sp³-hybridized carbons (Fsp3) is 0.278. The van der Waals surface area contributed by atoms with Gasteiger partial charge < -0.3 is 14.5 Å². The maximum absolute atomic E-state index is 12.5. The minimum atomic E-state index is -2.89. The monoisotopic (exact) mass is 358 g/mol. The van der Waals surface area contributed by atoms with Gasteiger partial charge in [-0.2, -0.15) is 14.0 Å². The van der Waals surface area contributed by atoms with E-state index in [-0.39, 0.29) is 11.7 Å². The molecule has 8 heteroatoms. The molecule has 2 aromatic rings. The summed E-state index contributed by atoms with van der Waals surface area (Å²) < 4.78 is 28.6. The quantitative estimate of drug-likeness (QED) is 0.840. The lowest BCUT2D eigenvalue weighted by molar-refractivity contribution is -0.0498. The van der Waals surface area contributed by atoms with Crippen LogP contribution < -0.4 is 9.64 Å². The van der Waals surface area contributed by atoms with Crippen LogP contribution in [0.5, 0.6) is 5.75 Å². The molecule has 1 aromatic carbocycles. The topological polar surface area (TPSA) is 69.5 Å². The molecule has 0 N–H and O–H groups in total. The second kappa shape index (κ2) is 7.78. The molecule has 1 saturated heterocycles. The summed E-state index contributed by atoms with van der Waals surface area (Å²) in [5, 5.41) is 9.18. The number of piperazine rings is 1. The number of pyridine rings is 1. The number of nitriles is 1. The van der Waals surface area contributed by atoms with E-state index < -0.39 is 6.61 Å². The van der Waals surface area contributed by atoms with E-state index in [1.807, 2.05) is 4.90 Å². The van der Waals surface area contributed by atoms with Crippen molar-refractivity contribution in [3.8, 4) is 11.8 Å². The molecule has 3 rings (SSSR count). The van der Waals surface area contributed by atoms with E-state index in [0.717, 1.165) is 0 Å². The third-order valence-electron chi connectivity index (χ3n) is 4.10. The maximum atomic E-state index is 12.5. The van der Waals surface area contributed by atoms with Crippen LogP contribution >= 0.6 is 0 Å². The van der Waals surface area contributed by atoms with Crippen LogP contribution in [-0.2, 0) is 0 Å². The number of halogens is 2. The Morgan fingerprint density at radius 2 is 1.85 bits per heavy atom. The lowest BCUT2D eigenvalue weighted by Crippen LogP contribution is -2.49. The molecule has 26 heavy (non-hydrogen) atoms. The van der Waals surface area contributed by atoms with Crippen molar-refractivity contribution in [1.29, 1.82) is 5.26 Å². The van der Waals surface area contributed by atoms with Crippen molar-refractivity contribution >= 4 is 11.7 Å². The second-order valence-electron chi connectivity index (χ2n) is 5.67. The van der Waals surface area contributed by atoms with Crippen molar-refractivity contribution < 1.29 is 18.3 Å². The SMILES string of the molecule is N#Cc1cccnc1N1CCN(C(=O)c2ccc(OC(F)F)cc2)CC1. The lowest BCUT2D eigenvalue weighted by Gasteiger charge is -2.35. The molecular weight excluding hydrogens is 342 g/mol. The van der Waals surface area contributed by atoms with Crippen molar-refractivity contribution in [3.63, 3.8) is 0 Å². The average molecular weight is 358 g/mol. The normalized spacial score (nSPS) is 14.2. The van der Waals surface area contributed by atoms with Crippen molar-refractivity contribution in [1.82, 2.24) is 9.88 Å². The van der Waals surface area contributed by atoms with Gasteiger partial charge in [-0.3, -0.25) is 4.79 Å². The predicted molar refractivity (Wildman–Crippen MR) is 90.1 cm³/mol. The number of benzene rings is 1. The molecule has 1 aliphatic heterocycles. The number of aromatic nitrogens is 1. The summed E-state index contributed by atoms with van der Waals surface area (Å²) in [6, 6.07) is 11.2. The number of amides is 1. The van der Waals surface area contributed by atoms with Crippen LogP contribution in [-0.4, -0.2) is 48.6 Å². The molecule has 0 aliphatic carbocycles. The number of nitrogens with zero attached hydrogens (tertiary/aromatic N) is 4. The van der Waals surface area contributed by atoms with Crippen molar-refractivity contribution in [2.75, 3.05) is 31.1 Å². The first-order chi connectivity index (χ1) is 12.6. The Hall–Kier alpha value is -3.21. The molecule has 1 aliphatic rings. The highest BCUT2D eigenvalue weighted by Gasteiger charge is 2.24. The number of hydrogen-bond acceptors (Lipinski definition) is 5. The third-order valence-corrected chi connectivity index (χ3v) is 4.10. The zero-order chi connectivity index (χ0) is 18.5. The zero-order valence-corrected chi connectivity index (χ0v) is 13.8. The summed E-state index contributed by atoms with van der Waals surface area (Å²) in [5.41, 5.74) is 0.914. The van der Waals surface area contributed by atoms with E-state index in [1.165, 1.54) is 24.3 Å². The largest absolute Gasteiger partial charge is 0.435 e. The minimum Gasteiger partial charge on any atom is -0.435 e. The zero-order valence-electron chi connectivity index (χ0n) is 13.8. The van der Waals surface area contributed by atoms with E-state index in [0.29, 0.717) is 43.1 Å². The van der Waals surface area contributed by atoms with Crippen LogP contribution in [0, 0.1) is 11.3 Å². The van der Waals surface area contributed by atoms with Gasteiger partial charge in [-0.25, -0.2) is 4.98 Å². The summed E-state index contributed by atoms with van der Waals surface area (Å²) in [4.78, 5) is 20.5. The number of carbonyl (C=O) groups is 1. The smallest absolute Gasteiger partial charge is 0.387 e. The number of rotatable bonds is 4. The number of ether oxygens (including phenoxy) is 1. The lowest BCUT2D eigenvalue weighted by atomic mass is 10.1. The average Bonchev–Trinajstić information content (AvgIpc) is 2.67. The molecule has 1 fully saturated rings. The molecule has 0 atom stereocenters. The summed E-state index contributed by atoms with van der Waals surface area (Å²) in [7, 11) is 0. The molecule has 1 amide bonds. The Bertz CT molecular complexity index is 813. The third kappa shape index (κ3) is 3.88. The Morgan fingerprint density at radius 1 is 1.15 bits per heavy atom. The molecule has 0 bridgehead atoms. The van der Waals surface area contributed by atoms with Crippen LogP contribution in [0.15, 0.2) is 42.6 Å². The van der Waals surface area contributed by atoms with Crippen LogP contribution in [0.2, 0.25) is 0 Å². The van der Waals surface area contributed by atoms with E-state index >= 15 is 0 Å². The molecule has 0 spiro atoms. The van der Waals surface area contributed by atoms with Crippen LogP contribution in [0.3, 0.4) is 0 Å². The number of alkyl halides is 2. The first-order valence-electron chi connectivity index (χ1n) is 8.02. The van der Waals surface area contributed by atoms with Gasteiger partial charge in [0, 0.05) is 37.9 Å². The van der Waals surface area contributed by atoms with Gasteiger partial charge >= 0.3 is 6.61 Å². The van der Waals surface area contributed by atoms with E-state index in [4.69, 9.17) is 0 Å². The van der Waals surface area contributed by atoms with Gasteiger partial charge in [0.1, 0.15) is 17.6 Å². The Labute approximate surface area is 149 Å². The Morgan fingerprint density at radius 3 is 2.46 bits per heavy atom. The highest BCUT2D eigenvalue weighted by Crippen LogP contribution is 2.20. The summed E-state index contributed by atoms with van der Waals surface area (Å²) in [6.45, 7) is -0.811. The van der Waals surface area contributed by atoms with E-state index in [9.17, 15) is 18.8 Å². The van der Waals surface area contributed by atoms with Gasteiger partial charge in [0.15, 0.2) is 0 Å². The maximum Gasteiger partial charge on any atom is 0.387 e. The van der Waals surface area contributed by atoms with Crippen molar-refractivity contribution in [2.24, 2.45) is 0 Å². The molecule has 134 valence electrons. The number of hydrogen-bond donors (Lipinski definition) is 0. The fourth-order valence-electron chi connectivity index (χ4n) is 2.82. The van der Waals surface area contributed by atoms with E-state index in [2.05, 4.69) is 15.8 Å². The van der Waals surface area contributed by atoms with E-state index in [1.54, 1.807) is 23.2 Å². The Balaban J connectivity index is 1.62.